The zero-order valence-electron chi connectivity index (χ0n) is 14.4. The van der Waals surface area contributed by atoms with Gasteiger partial charge in [-0.3, -0.25) is 9.36 Å². The molecular weight excluding hydrogens is 346 g/mol. The number of hydrogen-bond donors (Lipinski definition) is 1. The van der Waals surface area contributed by atoms with Crippen molar-refractivity contribution in [3.63, 3.8) is 0 Å². The number of aromatic nitrogens is 3. The van der Waals surface area contributed by atoms with Crippen LogP contribution in [0, 0.1) is 25.2 Å². The highest BCUT2D eigenvalue weighted by molar-refractivity contribution is 7.99. The van der Waals surface area contributed by atoms with Crippen molar-refractivity contribution in [1.82, 2.24) is 14.5 Å². The first-order valence-electron chi connectivity index (χ1n) is 7.99. The molecule has 1 amide bonds. The third kappa shape index (κ3) is 3.60. The molecule has 1 aromatic carbocycles. The van der Waals surface area contributed by atoms with Gasteiger partial charge >= 0.3 is 0 Å². The van der Waals surface area contributed by atoms with Crippen molar-refractivity contribution in [2.45, 2.75) is 19.0 Å². The van der Waals surface area contributed by atoms with Crippen LogP contribution in [0.15, 0.2) is 53.9 Å². The number of thioether (sulfide) groups is 1. The van der Waals surface area contributed by atoms with Gasteiger partial charge in [-0.2, -0.15) is 5.26 Å². The number of nitrogens with zero attached hydrogens (tertiary/aromatic N) is 4. The third-order valence-corrected chi connectivity index (χ3v) is 4.85. The van der Waals surface area contributed by atoms with Crippen LogP contribution >= 0.6 is 11.8 Å². The van der Waals surface area contributed by atoms with Crippen LogP contribution in [-0.2, 0) is 4.79 Å². The molecule has 0 bridgehead atoms. The molecule has 0 aliphatic carbocycles. The number of amides is 1. The summed E-state index contributed by atoms with van der Waals surface area (Å²) < 4.78 is 1.90. The molecule has 7 heteroatoms. The molecule has 0 aliphatic rings. The van der Waals surface area contributed by atoms with Crippen LogP contribution in [0.3, 0.4) is 0 Å². The highest BCUT2D eigenvalue weighted by Crippen LogP contribution is 2.30. The van der Waals surface area contributed by atoms with Crippen molar-refractivity contribution in [3.8, 4) is 11.8 Å². The minimum atomic E-state index is -0.214. The number of carbonyl (C=O) groups excluding carboxylic acids is 1. The second-order valence-electron chi connectivity index (χ2n) is 5.58. The van der Waals surface area contributed by atoms with Gasteiger partial charge in [0, 0.05) is 23.8 Å². The fraction of sp³-hybridized carbons (Fsp3) is 0.158. The summed E-state index contributed by atoms with van der Waals surface area (Å²) in [4.78, 5) is 20.6. The van der Waals surface area contributed by atoms with Gasteiger partial charge in [0.15, 0.2) is 5.16 Å². The summed E-state index contributed by atoms with van der Waals surface area (Å²) in [6.45, 7) is 3.82. The molecule has 0 unspecified atom stereocenters. The van der Waals surface area contributed by atoms with E-state index in [2.05, 4.69) is 21.4 Å². The van der Waals surface area contributed by atoms with Crippen LogP contribution in [0.2, 0.25) is 0 Å². The van der Waals surface area contributed by atoms with Gasteiger partial charge < -0.3 is 5.32 Å². The summed E-state index contributed by atoms with van der Waals surface area (Å²) >= 11 is 1.25. The van der Waals surface area contributed by atoms with Crippen LogP contribution in [-0.4, -0.2) is 26.2 Å². The predicted octanol–water partition coefficient (Wildman–Crippen LogP) is 3.49. The largest absolute Gasteiger partial charge is 0.310 e. The molecule has 0 spiro atoms. The lowest BCUT2D eigenvalue weighted by Gasteiger charge is -2.13. The number of nitriles is 1. The fourth-order valence-corrected chi connectivity index (χ4v) is 3.22. The molecule has 0 saturated carbocycles. The smallest absolute Gasteiger partial charge is 0.236 e. The Labute approximate surface area is 155 Å². The van der Waals surface area contributed by atoms with Gasteiger partial charge in [0.1, 0.15) is 11.9 Å². The fourth-order valence-electron chi connectivity index (χ4n) is 2.62. The highest BCUT2D eigenvalue weighted by atomic mass is 32.2. The second kappa shape index (κ2) is 7.85. The van der Waals surface area contributed by atoms with Crippen LogP contribution in [0.25, 0.3) is 5.69 Å². The van der Waals surface area contributed by atoms with Crippen LogP contribution < -0.4 is 5.32 Å². The SMILES string of the molecule is Cc1c(C#N)c(NC(=O)CSc2ncccn2)n(-c2ccccc2)c1C. The standard InChI is InChI=1S/C19H17N5OS/c1-13-14(2)24(15-7-4-3-5-8-15)18(16(13)11-20)23-17(25)12-26-19-21-9-6-10-22-19/h3-10H,12H2,1-2H3,(H,23,25). The van der Waals surface area contributed by atoms with E-state index in [9.17, 15) is 10.1 Å². The normalized spacial score (nSPS) is 10.3. The first-order valence-corrected chi connectivity index (χ1v) is 8.97. The van der Waals surface area contributed by atoms with E-state index in [4.69, 9.17) is 0 Å². The summed E-state index contributed by atoms with van der Waals surface area (Å²) in [7, 11) is 0. The van der Waals surface area contributed by atoms with Crippen molar-refractivity contribution in [2.24, 2.45) is 0 Å². The number of rotatable bonds is 5. The highest BCUT2D eigenvalue weighted by Gasteiger charge is 2.20. The van der Waals surface area contributed by atoms with E-state index in [1.165, 1.54) is 11.8 Å². The second-order valence-corrected chi connectivity index (χ2v) is 6.53. The molecule has 130 valence electrons. The van der Waals surface area contributed by atoms with Gasteiger partial charge in [-0.15, -0.1) is 0 Å². The zero-order valence-corrected chi connectivity index (χ0v) is 15.2. The van der Waals surface area contributed by atoms with Gasteiger partial charge in [-0.25, -0.2) is 9.97 Å². The number of anilines is 1. The van der Waals surface area contributed by atoms with Crippen LogP contribution in [0.4, 0.5) is 5.82 Å². The number of para-hydroxylation sites is 1. The van der Waals surface area contributed by atoms with E-state index in [1.807, 2.05) is 48.7 Å². The molecule has 0 radical (unpaired) electrons. The average molecular weight is 363 g/mol. The van der Waals surface area contributed by atoms with E-state index in [-0.39, 0.29) is 11.7 Å². The Morgan fingerprint density at radius 1 is 1.19 bits per heavy atom. The molecule has 0 saturated heterocycles. The third-order valence-electron chi connectivity index (χ3n) is 3.97. The Balaban J connectivity index is 1.88. The molecule has 3 rings (SSSR count). The summed E-state index contributed by atoms with van der Waals surface area (Å²) in [5, 5.41) is 13.0. The Morgan fingerprint density at radius 3 is 2.54 bits per heavy atom. The lowest BCUT2D eigenvalue weighted by atomic mass is 10.2. The van der Waals surface area contributed by atoms with Crippen molar-refractivity contribution < 1.29 is 4.79 Å². The maximum atomic E-state index is 12.4. The topological polar surface area (TPSA) is 83.6 Å². The van der Waals surface area contributed by atoms with Gasteiger partial charge in [0.25, 0.3) is 0 Å². The van der Waals surface area contributed by atoms with Gasteiger partial charge in [-0.05, 0) is 37.6 Å². The molecule has 0 aliphatic heterocycles. The minimum Gasteiger partial charge on any atom is -0.310 e. The van der Waals surface area contributed by atoms with Gasteiger partial charge in [0.2, 0.25) is 5.91 Å². The summed E-state index contributed by atoms with van der Waals surface area (Å²) in [5.74, 6) is 0.439. The maximum Gasteiger partial charge on any atom is 0.236 e. The molecule has 2 heterocycles. The quantitative estimate of drug-likeness (QED) is 0.554. The minimum absolute atomic E-state index is 0.160. The van der Waals surface area contributed by atoms with E-state index in [1.54, 1.807) is 18.5 Å². The van der Waals surface area contributed by atoms with Crippen LogP contribution in [0.5, 0.6) is 0 Å². The summed E-state index contributed by atoms with van der Waals surface area (Å²) in [5.41, 5.74) is 3.14. The Hall–Kier alpha value is -3.11. The van der Waals surface area contributed by atoms with Crippen molar-refractivity contribution >= 4 is 23.5 Å². The lowest BCUT2D eigenvalue weighted by molar-refractivity contribution is -0.113. The first-order chi connectivity index (χ1) is 12.6. The van der Waals surface area contributed by atoms with Crippen molar-refractivity contribution in [1.29, 1.82) is 5.26 Å². The van der Waals surface area contributed by atoms with E-state index >= 15 is 0 Å². The van der Waals surface area contributed by atoms with E-state index < -0.39 is 0 Å². The van der Waals surface area contributed by atoms with Gasteiger partial charge in [-0.1, -0.05) is 30.0 Å². The molecule has 26 heavy (non-hydrogen) atoms. The number of nitrogens with one attached hydrogen (secondary N) is 1. The zero-order chi connectivity index (χ0) is 18.5. The van der Waals surface area contributed by atoms with E-state index in [0.29, 0.717) is 16.5 Å². The monoisotopic (exact) mass is 363 g/mol. The summed E-state index contributed by atoms with van der Waals surface area (Å²) in [6.07, 6.45) is 3.27. The van der Waals surface area contributed by atoms with E-state index in [0.717, 1.165) is 16.9 Å². The Bertz CT molecular complexity index is 961. The van der Waals surface area contributed by atoms with Gasteiger partial charge in [0.05, 0.1) is 11.3 Å². The Morgan fingerprint density at radius 2 is 1.88 bits per heavy atom. The van der Waals surface area contributed by atoms with Crippen molar-refractivity contribution in [3.05, 3.63) is 65.6 Å². The Kier molecular flexibility index (Phi) is 5.34. The lowest BCUT2D eigenvalue weighted by Crippen LogP contribution is -2.18. The number of benzene rings is 1. The number of hydrogen-bond acceptors (Lipinski definition) is 5. The average Bonchev–Trinajstić information content (AvgIpc) is 2.91. The number of carbonyl (C=O) groups is 1. The molecule has 1 N–H and O–H groups in total. The molecule has 3 aromatic rings. The molecule has 2 aromatic heterocycles. The maximum absolute atomic E-state index is 12.4. The van der Waals surface area contributed by atoms with Crippen molar-refractivity contribution in [2.75, 3.05) is 11.1 Å². The molecule has 6 nitrogen and oxygen atoms in total. The first kappa shape index (κ1) is 17.7. The predicted molar refractivity (Wildman–Crippen MR) is 101 cm³/mol. The summed E-state index contributed by atoms with van der Waals surface area (Å²) in [6, 6.07) is 13.6. The molecule has 0 fully saturated rings. The molecule has 0 atom stereocenters. The molecular formula is C19H17N5OS. The van der Waals surface area contributed by atoms with Crippen LogP contribution in [0.1, 0.15) is 16.8 Å².